The average Bonchev–Trinajstić information content (AvgIpc) is 3.34. The number of nitro groups is 1. The second-order valence-corrected chi connectivity index (χ2v) is 11.5. The van der Waals surface area contributed by atoms with Crippen LogP contribution in [0.1, 0.15) is 38.7 Å². The van der Waals surface area contributed by atoms with Crippen LogP contribution in [-0.4, -0.2) is 36.4 Å². The molecule has 0 bridgehead atoms. The van der Waals surface area contributed by atoms with E-state index in [0.29, 0.717) is 16.5 Å². The molecule has 0 saturated heterocycles. The number of halogens is 3. The van der Waals surface area contributed by atoms with E-state index in [9.17, 15) is 36.5 Å². The molecular formula is C31H24F3N3O6S. The third kappa shape index (κ3) is 5.99. The number of amides is 1. The minimum absolute atomic E-state index is 0.107. The standard InChI is InChI=1S/C31H24F3N3O6S/c1-43-28-17-23(30(38)35-44(41,42)31(32,33)34)13-12-22(28)16-24-19-36(27-15-14-25(37(39)40)18-26(24)27)29(20-8-4-2-5-9-20)21-10-6-3-7-11-21/h2-15,17-19,29H,16H2,1H3,(H,35,38). The quantitative estimate of drug-likeness (QED) is 0.151. The van der Waals surface area contributed by atoms with Gasteiger partial charge in [-0.3, -0.25) is 14.9 Å². The van der Waals surface area contributed by atoms with Gasteiger partial charge in [-0.15, -0.1) is 0 Å². The van der Waals surface area contributed by atoms with Crippen molar-refractivity contribution in [2.45, 2.75) is 18.0 Å². The van der Waals surface area contributed by atoms with Crippen LogP contribution in [0.3, 0.4) is 0 Å². The molecule has 0 unspecified atom stereocenters. The highest BCUT2D eigenvalue weighted by Crippen LogP contribution is 2.36. The third-order valence-electron chi connectivity index (χ3n) is 7.08. The number of ether oxygens (including phenoxy) is 1. The topological polar surface area (TPSA) is 121 Å². The summed E-state index contributed by atoms with van der Waals surface area (Å²) in [6.07, 6.45) is 2.04. The molecule has 44 heavy (non-hydrogen) atoms. The van der Waals surface area contributed by atoms with Gasteiger partial charge in [0.25, 0.3) is 11.6 Å². The fraction of sp³-hybridized carbons (Fsp3) is 0.129. The molecule has 0 aliphatic rings. The van der Waals surface area contributed by atoms with Crippen LogP contribution < -0.4 is 9.46 Å². The Hall–Kier alpha value is -5.17. The molecular weight excluding hydrogens is 599 g/mol. The van der Waals surface area contributed by atoms with Gasteiger partial charge < -0.3 is 9.30 Å². The highest BCUT2D eigenvalue weighted by Gasteiger charge is 2.47. The Bertz CT molecular complexity index is 1920. The van der Waals surface area contributed by atoms with Crippen LogP contribution in [0.5, 0.6) is 5.75 Å². The first kappa shape index (κ1) is 30.3. The van der Waals surface area contributed by atoms with E-state index in [4.69, 9.17) is 4.74 Å². The number of sulfonamides is 1. The maximum atomic E-state index is 12.8. The molecule has 1 heterocycles. The maximum Gasteiger partial charge on any atom is 0.516 e. The first-order chi connectivity index (χ1) is 20.9. The van der Waals surface area contributed by atoms with E-state index in [2.05, 4.69) is 0 Å². The number of benzene rings is 4. The SMILES string of the molecule is COc1cc(C(=O)NS(=O)(=O)C(F)(F)F)ccc1Cc1cn(C(c2ccccc2)c2ccccc2)c2ccc([N+](=O)[O-])cc12. The Kier molecular flexibility index (Phi) is 8.15. The molecule has 0 spiro atoms. The van der Waals surface area contributed by atoms with E-state index < -0.39 is 26.4 Å². The smallest absolute Gasteiger partial charge is 0.496 e. The number of hydrogen-bond acceptors (Lipinski definition) is 6. The summed E-state index contributed by atoms with van der Waals surface area (Å²) >= 11 is 0. The van der Waals surface area contributed by atoms with Gasteiger partial charge in [0.1, 0.15) is 5.75 Å². The van der Waals surface area contributed by atoms with E-state index in [1.54, 1.807) is 6.07 Å². The van der Waals surface area contributed by atoms with Gasteiger partial charge in [0.2, 0.25) is 0 Å². The Morgan fingerprint density at radius 2 is 1.55 bits per heavy atom. The van der Waals surface area contributed by atoms with Gasteiger partial charge in [-0.25, -0.2) is 4.72 Å². The van der Waals surface area contributed by atoms with Crippen molar-refractivity contribution in [1.29, 1.82) is 0 Å². The van der Waals surface area contributed by atoms with Gasteiger partial charge in [0, 0.05) is 41.2 Å². The van der Waals surface area contributed by atoms with E-state index in [-0.39, 0.29) is 29.5 Å². The Labute approximate surface area is 249 Å². The number of alkyl halides is 3. The fourth-order valence-corrected chi connectivity index (χ4v) is 5.52. The summed E-state index contributed by atoms with van der Waals surface area (Å²) in [5.74, 6) is -1.37. The number of aromatic nitrogens is 1. The number of carbonyl (C=O) groups is 1. The summed E-state index contributed by atoms with van der Waals surface area (Å²) in [5.41, 5.74) is -2.30. The van der Waals surface area contributed by atoms with Gasteiger partial charge >= 0.3 is 15.5 Å². The van der Waals surface area contributed by atoms with Crippen molar-refractivity contribution in [1.82, 2.24) is 9.29 Å². The zero-order valence-corrected chi connectivity index (χ0v) is 23.8. The van der Waals surface area contributed by atoms with Crippen molar-refractivity contribution in [2.75, 3.05) is 7.11 Å². The van der Waals surface area contributed by atoms with Crippen molar-refractivity contribution in [2.24, 2.45) is 0 Å². The molecule has 0 atom stereocenters. The number of nitro benzene ring substituents is 1. The molecule has 4 aromatic carbocycles. The molecule has 1 aromatic heterocycles. The summed E-state index contributed by atoms with van der Waals surface area (Å²) in [6.45, 7) is 0. The lowest BCUT2D eigenvalue weighted by molar-refractivity contribution is -0.384. The minimum Gasteiger partial charge on any atom is -0.496 e. The average molecular weight is 624 g/mol. The van der Waals surface area contributed by atoms with Crippen LogP contribution in [0, 0.1) is 10.1 Å². The van der Waals surface area contributed by atoms with Crippen molar-refractivity contribution in [3.05, 3.63) is 141 Å². The molecule has 0 aliphatic carbocycles. The highest BCUT2D eigenvalue weighted by molar-refractivity contribution is 7.90. The number of methoxy groups -OCH3 is 1. The van der Waals surface area contributed by atoms with E-state index in [1.807, 2.05) is 71.4 Å². The Morgan fingerprint density at radius 3 is 2.09 bits per heavy atom. The number of hydrogen-bond donors (Lipinski definition) is 1. The summed E-state index contributed by atoms with van der Waals surface area (Å²) in [5, 5.41) is 12.3. The maximum absolute atomic E-state index is 12.8. The molecule has 5 rings (SSSR count). The predicted octanol–water partition coefficient (Wildman–Crippen LogP) is 6.37. The molecule has 0 saturated carbocycles. The predicted molar refractivity (Wildman–Crippen MR) is 157 cm³/mol. The summed E-state index contributed by atoms with van der Waals surface area (Å²) in [6, 6.07) is 27.5. The lowest BCUT2D eigenvalue weighted by Gasteiger charge is -2.21. The number of fused-ring (bicyclic) bond motifs is 1. The molecule has 0 aliphatic heterocycles. The summed E-state index contributed by atoms with van der Waals surface area (Å²) < 4.78 is 69.6. The zero-order valence-electron chi connectivity index (χ0n) is 23.0. The van der Waals surface area contributed by atoms with Crippen LogP contribution in [0.2, 0.25) is 0 Å². The normalized spacial score (nSPS) is 11.9. The van der Waals surface area contributed by atoms with E-state index >= 15 is 0 Å². The first-order valence-corrected chi connectivity index (χ1v) is 14.6. The lowest BCUT2D eigenvalue weighted by atomic mass is 9.98. The van der Waals surface area contributed by atoms with Crippen molar-refractivity contribution in [3.63, 3.8) is 0 Å². The molecule has 1 N–H and O–H groups in total. The summed E-state index contributed by atoms with van der Waals surface area (Å²) in [7, 11) is -4.61. The van der Waals surface area contributed by atoms with Gasteiger partial charge in [-0.1, -0.05) is 66.7 Å². The number of nitrogens with one attached hydrogen (secondary N) is 1. The monoisotopic (exact) mass is 623 g/mol. The van der Waals surface area contributed by atoms with Crippen molar-refractivity contribution >= 4 is 32.5 Å². The second kappa shape index (κ2) is 11.8. The Morgan fingerprint density at radius 1 is 0.932 bits per heavy atom. The largest absolute Gasteiger partial charge is 0.516 e. The molecule has 226 valence electrons. The van der Waals surface area contributed by atoms with Crippen LogP contribution >= 0.6 is 0 Å². The zero-order chi connectivity index (χ0) is 31.6. The minimum atomic E-state index is -5.91. The Balaban J connectivity index is 1.60. The molecule has 0 fully saturated rings. The van der Waals surface area contributed by atoms with Gasteiger partial charge in [0.05, 0.1) is 18.1 Å². The number of rotatable bonds is 9. The van der Waals surface area contributed by atoms with Gasteiger partial charge in [-0.2, -0.15) is 21.6 Å². The highest BCUT2D eigenvalue weighted by atomic mass is 32.2. The lowest BCUT2D eigenvalue weighted by Crippen LogP contribution is -2.40. The van der Waals surface area contributed by atoms with Crippen LogP contribution in [0.25, 0.3) is 10.9 Å². The summed E-state index contributed by atoms with van der Waals surface area (Å²) in [4.78, 5) is 23.6. The fourth-order valence-electron chi connectivity index (χ4n) is 5.04. The first-order valence-electron chi connectivity index (χ1n) is 13.1. The number of non-ortho nitro benzene ring substituents is 1. The van der Waals surface area contributed by atoms with Crippen LogP contribution in [0.4, 0.5) is 18.9 Å². The van der Waals surface area contributed by atoms with Crippen molar-refractivity contribution in [3.8, 4) is 5.75 Å². The van der Waals surface area contributed by atoms with Crippen molar-refractivity contribution < 1.29 is 36.0 Å². The number of carbonyl (C=O) groups excluding carboxylic acids is 1. The van der Waals surface area contributed by atoms with Gasteiger partial charge in [0.15, 0.2) is 0 Å². The number of nitrogens with zero attached hydrogens (tertiary/aromatic N) is 2. The van der Waals surface area contributed by atoms with E-state index in [0.717, 1.165) is 27.4 Å². The molecule has 1 amide bonds. The van der Waals surface area contributed by atoms with Crippen LogP contribution in [0.15, 0.2) is 103 Å². The van der Waals surface area contributed by atoms with Crippen LogP contribution in [-0.2, 0) is 16.4 Å². The van der Waals surface area contributed by atoms with Gasteiger partial charge in [-0.05, 0) is 40.5 Å². The molecule has 13 heteroatoms. The van der Waals surface area contributed by atoms with E-state index in [1.165, 1.54) is 31.4 Å². The molecule has 0 radical (unpaired) electrons. The molecule has 5 aromatic rings. The molecule has 9 nitrogen and oxygen atoms in total. The third-order valence-corrected chi connectivity index (χ3v) is 8.14. The second-order valence-electron chi connectivity index (χ2n) is 9.83.